The van der Waals surface area contributed by atoms with Crippen molar-refractivity contribution in [3.05, 3.63) is 47.0 Å². The van der Waals surface area contributed by atoms with E-state index in [0.29, 0.717) is 18.0 Å². The van der Waals surface area contributed by atoms with Crippen molar-refractivity contribution in [3.63, 3.8) is 0 Å². The van der Waals surface area contributed by atoms with Crippen LogP contribution in [0, 0.1) is 34.3 Å². The van der Waals surface area contributed by atoms with Gasteiger partial charge in [0.2, 0.25) is 0 Å². The van der Waals surface area contributed by atoms with E-state index in [9.17, 15) is 8.78 Å². The molecular weight excluding hydrogens is 328 g/mol. The third-order valence-corrected chi connectivity index (χ3v) is 3.29. The molecule has 2 aromatic rings. The van der Waals surface area contributed by atoms with Crippen molar-refractivity contribution < 1.29 is 18.3 Å². The average molecular weight is 343 g/mol. The number of nitriles is 2. The van der Waals surface area contributed by atoms with Crippen molar-refractivity contribution >= 4 is 11.4 Å². The van der Waals surface area contributed by atoms with Crippen LogP contribution in [0.3, 0.4) is 0 Å². The summed E-state index contributed by atoms with van der Waals surface area (Å²) in [6.45, 7) is 3.82. The smallest absolute Gasteiger partial charge is 0.186 e. The Balaban J connectivity index is 2.67. The predicted molar refractivity (Wildman–Crippen MR) is 87.9 cm³/mol. The van der Waals surface area contributed by atoms with Crippen molar-refractivity contribution in [2.75, 3.05) is 18.5 Å². The Morgan fingerprint density at radius 3 is 2.16 bits per heavy atom. The Hall–Kier alpha value is -3.32. The summed E-state index contributed by atoms with van der Waals surface area (Å²) in [6, 6.07) is 9.73. The molecule has 0 amide bonds. The van der Waals surface area contributed by atoms with Crippen LogP contribution in [0.4, 0.5) is 20.2 Å². The van der Waals surface area contributed by atoms with E-state index in [0.717, 1.165) is 0 Å². The van der Waals surface area contributed by atoms with Crippen LogP contribution in [0.5, 0.6) is 11.5 Å². The molecule has 0 aliphatic rings. The normalized spacial score (nSPS) is 9.84. The van der Waals surface area contributed by atoms with Gasteiger partial charge in [0.15, 0.2) is 17.4 Å². The summed E-state index contributed by atoms with van der Waals surface area (Å²) in [4.78, 5) is 0. The summed E-state index contributed by atoms with van der Waals surface area (Å²) in [7, 11) is 0. The molecule has 7 heteroatoms. The molecule has 0 saturated heterocycles. The molecule has 0 aromatic heterocycles. The van der Waals surface area contributed by atoms with Crippen molar-refractivity contribution in [2.24, 2.45) is 0 Å². The zero-order valence-corrected chi connectivity index (χ0v) is 13.7. The van der Waals surface area contributed by atoms with Crippen LogP contribution < -0.4 is 14.8 Å². The molecule has 25 heavy (non-hydrogen) atoms. The zero-order chi connectivity index (χ0) is 18.4. The number of ether oxygens (including phenoxy) is 2. The molecule has 0 spiro atoms. The molecule has 0 unspecified atom stereocenters. The molecule has 5 nitrogen and oxygen atoms in total. The molecule has 0 aliphatic heterocycles. The van der Waals surface area contributed by atoms with Gasteiger partial charge in [0, 0.05) is 0 Å². The van der Waals surface area contributed by atoms with Gasteiger partial charge in [0.1, 0.15) is 34.7 Å². The minimum atomic E-state index is -1.08. The molecule has 2 rings (SSSR count). The lowest BCUT2D eigenvalue weighted by atomic mass is 10.1. The quantitative estimate of drug-likeness (QED) is 0.848. The van der Waals surface area contributed by atoms with Gasteiger partial charge in [-0.05, 0) is 26.0 Å². The Labute approximate surface area is 144 Å². The summed E-state index contributed by atoms with van der Waals surface area (Å²) in [5, 5.41) is 20.9. The highest BCUT2D eigenvalue weighted by molar-refractivity contribution is 5.75. The fourth-order valence-corrected chi connectivity index (χ4v) is 2.25. The van der Waals surface area contributed by atoms with Gasteiger partial charge in [-0.25, -0.2) is 8.78 Å². The number of nitrogens with zero attached hydrogens (tertiary/aromatic N) is 2. The first-order valence-corrected chi connectivity index (χ1v) is 7.55. The number of anilines is 2. The maximum Gasteiger partial charge on any atom is 0.186 e. The summed E-state index contributed by atoms with van der Waals surface area (Å²) in [6.07, 6.45) is 0. The fourth-order valence-electron chi connectivity index (χ4n) is 2.25. The number of hydrogen-bond acceptors (Lipinski definition) is 5. The van der Waals surface area contributed by atoms with E-state index < -0.39 is 28.5 Å². The van der Waals surface area contributed by atoms with Crippen LogP contribution in [0.2, 0.25) is 0 Å². The number of rotatable bonds is 6. The number of halogens is 2. The van der Waals surface area contributed by atoms with Crippen LogP contribution in [0.15, 0.2) is 24.3 Å². The number of benzene rings is 2. The highest BCUT2D eigenvalue weighted by atomic mass is 19.1. The van der Waals surface area contributed by atoms with Crippen LogP contribution in [-0.4, -0.2) is 13.2 Å². The molecule has 2 aromatic carbocycles. The van der Waals surface area contributed by atoms with Gasteiger partial charge in [-0.2, -0.15) is 10.5 Å². The third-order valence-electron chi connectivity index (χ3n) is 3.29. The van der Waals surface area contributed by atoms with Crippen molar-refractivity contribution in [3.8, 4) is 23.6 Å². The Morgan fingerprint density at radius 2 is 1.56 bits per heavy atom. The van der Waals surface area contributed by atoms with E-state index in [1.807, 2.05) is 0 Å². The summed E-state index contributed by atoms with van der Waals surface area (Å²) in [5.41, 5.74) is -1.36. The third kappa shape index (κ3) is 3.46. The topological polar surface area (TPSA) is 78.1 Å². The molecular formula is C18H15F2N3O2. The molecule has 0 heterocycles. The molecule has 0 aliphatic carbocycles. The molecule has 0 atom stereocenters. The van der Waals surface area contributed by atoms with E-state index in [4.69, 9.17) is 20.0 Å². The average Bonchev–Trinajstić information content (AvgIpc) is 2.62. The van der Waals surface area contributed by atoms with Gasteiger partial charge >= 0.3 is 0 Å². The van der Waals surface area contributed by atoms with Gasteiger partial charge in [0.05, 0.1) is 18.9 Å². The lowest BCUT2D eigenvalue weighted by Crippen LogP contribution is -2.08. The molecule has 0 saturated carbocycles. The Morgan fingerprint density at radius 1 is 0.960 bits per heavy atom. The van der Waals surface area contributed by atoms with Crippen LogP contribution in [0.1, 0.15) is 25.0 Å². The summed E-state index contributed by atoms with van der Waals surface area (Å²) in [5.74, 6) is -2.18. The largest absolute Gasteiger partial charge is 0.492 e. The molecule has 0 radical (unpaired) electrons. The number of nitrogens with one attached hydrogen (secondary N) is 1. The van der Waals surface area contributed by atoms with Gasteiger partial charge in [-0.3, -0.25) is 0 Å². The first-order chi connectivity index (χ1) is 12.1. The van der Waals surface area contributed by atoms with Crippen molar-refractivity contribution in [1.29, 1.82) is 10.5 Å². The molecule has 0 fully saturated rings. The van der Waals surface area contributed by atoms with Gasteiger partial charge in [-0.15, -0.1) is 0 Å². The maximum atomic E-state index is 14.8. The van der Waals surface area contributed by atoms with Crippen LogP contribution in [-0.2, 0) is 0 Å². The van der Waals surface area contributed by atoms with Gasteiger partial charge in [0.25, 0.3) is 0 Å². The van der Waals surface area contributed by atoms with Crippen LogP contribution in [0.25, 0.3) is 0 Å². The number of para-hydroxylation sites is 2. The minimum Gasteiger partial charge on any atom is -0.492 e. The van der Waals surface area contributed by atoms with E-state index in [1.54, 1.807) is 38.1 Å². The monoisotopic (exact) mass is 343 g/mol. The molecule has 0 bridgehead atoms. The summed E-state index contributed by atoms with van der Waals surface area (Å²) < 4.78 is 40.0. The Bertz CT molecular complexity index is 870. The lowest BCUT2D eigenvalue weighted by Gasteiger charge is -2.18. The predicted octanol–water partition coefficient (Wildman–Crippen LogP) is 4.25. The zero-order valence-electron chi connectivity index (χ0n) is 13.7. The van der Waals surface area contributed by atoms with Gasteiger partial charge < -0.3 is 14.8 Å². The minimum absolute atomic E-state index is 0.0505. The lowest BCUT2D eigenvalue weighted by molar-refractivity contribution is 0.321. The fraction of sp³-hybridized carbons (Fsp3) is 0.222. The SMILES string of the molecule is CCOc1ccccc1Nc1c(F)c(C#N)c(C#N)c(F)c1OCC. The van der Waals surface area contributed by atoms with E-state index in [2.05, 4.69) is 5.32 Å². The van der Waals surface area contributed by atoms with Crippen LogP contribution >= 0.6 is 0 Å². The van der Waals surface area contributed by atoms with Crippen molar-refractivity contribution in [1.82, 2.24) is 0 Å². The summed E-state index contributed by atoms with van der Waals surface area (Å²) >= 11 is 0. The van der Waals surface area contributed by atoms with Crippen molar-refractivity contribution in [2.45, 2.75) is 13.8 Å². The van der Waals surface area contributed by atoms with E-state index in [1.165, 1.54) is 12.1 Å². The highest BCUT2D eigenvalue weighted by Gasteiger charge is 2.26. The molecule has 128 valence electrons. The van der Waals surface area contributed by atoms with Gasteiger partial charge in [-0.1, -0.05) is 12.1 Å². The Kier molecular flexibility index (Phi) is 5.75. The second-order valence-electron chi connectivity index (χ2n) is 4.79. The second kappa shape index (κ2) is 7.98. The maximum absolute atomic E-state index is 14.8. The van der Waals surface area contributed by atoms with E-state index >= 15 is 0 Å². The van der Waals surface area contributed by atoms with E-state index in [-0.39, 0.29) is 12.3 Å². The number of hydrogen-bond donors (Lipinski definition) is 1. The molecule has 1 N–H and O–H groups in total. The highest BCUT2D eigenvalue weighted by Crippen LogP contribution is 2.39. The first kappa shape index (κ1) is 18.0. The standard InChI is InChI=1S/C18H15F2N3O2/c1-3-24-14-8-6-5-7-13(14)23-17-15(19)11(9-21)12(10-22)16(20)18(17)25-4-2/h5-8,23H,3-4H2,1-2H3. The first-order valence-electron chi connectivity index (χ1n) is 7.55. The second-order valence-corrected chi connectivity index (χ2v) is 4.79.